The first-order chi connectivity index (χ1) is 8.66. The summed E-state index contributed by atoms with van der Waals surface area (Å²) in [7, 11) is 0. The lowest BCUT2D eigenvalue weighted by molar-refractivity contribution is -0.145. The van der Waals surface area contributed by atoms with Crippen molar-refractivity contribution in [1.29, 1.82) is 0 Å². The predicted octanol–water partition coefficient (Wildman–Crippen LogP) is 0.470. The van der Waals surface area contributed by atoms with E-state index in [1.165, 1.54) is 0 Å². The molecule has 2 amide bonds. The maximum absolute atomic E-state index is 12.1. The van der Waals surface area contributed by atoms with Crippen LogP contribution in [0.15, 0.2) is 0 Å². The molecule has 1 saturated heterocycles. The fourth-order valence-electron chi connectivity index (χ4n) is 2.16. The lowest BCUT2D eigenvalue weighted by atomic mass is 9.86. The second-order valence-corrected chi connectivity index (χ2v) is 5.98. The molecule has 0 aromatic heterocycles. The third kappa shape index (κ3) is 3.68. The smallest absolute Gasteiger partial charge is 0.326 e. The fraction of sp³-hybridized carbons (Fsp3) is 0.769. The summed E-state index contributed by atoms with van der Waals surface area (Å²) >= 11 is 0. The van der Waals surface area contributed by atoms with Gasteiger partial charge >= 0.3 is 5.97 Å². The summed E-state index contributed by atoms with van der Waals surface area (Å²) in [5, 5.41) is 11.7. The maximum Gasteiger partial charge on any atom is 0.326 e. The van der Waals surface area contributed by atoms with E-state index in [0.29, 0.717) is 13.1 Å². The zero-order chi connectivity index (χ0) is 14.8. The van der Waals surface area contributed by atoms with Gasteiger partial charge in [0, 0.05) is 19.5 Å². The molecule has 1 unspecified atom stereocenters. The van der Waals surface area contributed by atoms with Crippen LogP contribution in [0.3, 0.4) is 0 Å². The van der Waals surface area contributed by atoms with Crippen molar-refractivity contribution < 1.29 is 19.5 Å². The third-order valence-electron chi connectivity index (χ3n) is 3.37. The van der Waals surface area contributed by atoms with Crippen LogP contribution >= 0.6 is 0 Å². The van der Waals surface area contributed by atoms with Gasteiger partial charge in [-0.2, -0.15) is 0 Å². The largest absolute Gasteiger partial charge is 0.480 e. The zero-order valence-corrected chi connectivity index (χ0v) is 11.9. The van der Waals surface area contributed by atoms with Crippen molar-refractivity contribution in [2.45, 2.75) is 40.2 Å². The highest BCUT2D eigenvalue weighted by Gasteiger charge is 2.38. The molecule has 2 N–H and O–H groups in total. The van der Waals surface area contributed by atoms with Crippen LogP contribution in [0, 0.1) is 11.3 Å². The Morgan fingerprint density at radius 2 is 2.05 bits per heavy atom. The molecule has 0 spiro atoms. The second-order valence-electron chi connectivity index (χ2n) is 5.98. The van der Waals surface area contributed by atoms with Gasteiger partial charge < -0.3 is 15.3 Å². The first-order valence-corrected chi connectivity index (χ1v) is 6.47. The SMILES string of the molecule is CCN1CC(C(=O)N[C@H](C(=O)O)C(C)(C)C)CC1=O. The van der Waals surface area contributed by atoms with Crippen LogP contribution in [0.1, 0.15) is 34.1 Å². The molecule has 0 radical (unpaired) electrons. The van der Waals surface area contributed by atoms with Crippen molar-refractivity contribution in [2.75, 3.05) is 13.1 Å². The van der Waals surface area contributed by atoms with Crippen LogP contribution in [0.2, 0.25) is 0 Å². The first-order valence-electron chi connectivity index (χ1n) is 6.47. The van der Waals surface area contributed by atoms with Crippen LogP contribution in [0.4, 0.5) is 0 Å². The summed E-state index contributed by atoms with van der Waals surface area (Å²) in [6.07, 6.45) is 0.163. The van der Waals surface area contributed by atoms with E-state index >= 15 is 0 Å². The molecule has 0 aromatic carbocycles. The van der Waals surface area contributed by atoms with E-state index in [1.807, 2.05) is 6.92 Å². The Hall–Kier alpha value is -1.59. The lowest BCUT2D eigenvalue weighted by Gasteiger charge is -2.28. The predicted molar refractivity (Wildman–Crippen MR) is 69.4 cm³/mol. The van der Waals surface area contributed by atoms with Gasteiger partial charge in [0.15, 0.2) is 0 Å². The van der Waals surface area contributed by atoms with E-state index in [2.05, 4.69) is 5.32 Å². The number of nitrogens with one attached hydrogen (secondary N) is 1. The van der Waals surface area contributed by atoms with Crippen LogP contribution in [0.25, 0.3) is 0 Å². The molecule has 0 saturated carbocycles. The Labute approximate surface area is 113 Å². The van der Waals surface area contributed by atoms with Gasteiger partial charge in [0.2, 0.25) is 11.8 Å². The summed E-state index contributed by atoms with van der Waals surface area (Å²) in [5.74, 6) is -1.91. The highest BCUT2D eigenvalue weighted by atomic mass is 16.4. The minimum absolute atomic E-state index is 0.0507. The van der Waals surface area contributed by atoms with Crippen molar-refractivity contribution in [1.82, 2.24) is 10.2 Å². The Morgan fingerprint density at radius 1 is 1.47 bits per heavy atom. The number of likely N-dealkylation sites (tertiary alicyclic amines) is 1. The van der Waals surface area contributed by atoms with Gasteiger partial charge in [-0.1, -0.05) is 20.8 Å². The Kier molecular flexibility index (Phi) is 4.55. The number of amides is 2. The molecule has 1 rings (SSSR count). The molecule has 6 heteroatoms. The number of hydrogen-bond acceptors (Lipinski definition) is 3. The molecule has 1 aliphatic rings. The van der Waals surface area contributed by atoms with E-state index in [0.717, 1.165) is 0 Å². The van der Waals surface area contributed by atoms with Gasteiger partial charge in [0.05, 0.1) is 5.92 Å². The van der Waals surface area contributed by atoms with Crippen molar-refractivity contribution in [3.05, 3.63) is 0 Å². The van der Waals surface area contributed by atoms with Crippen LogP contribution in [-0.4, -0.2) is 46.9 Å². The summed E-state index contributed by atoms with van der Waals surface area (Å²) in [6.45, 7) is 8.06. The molecular formula is C13H22N2O4. The summed E-state index contributed by atoms with van der Waals surface area (Å²) < 4.78 is 0. The molecule has 2 atom stereocenters. The number of nitrogens with zero attached hydrogens (tertiary/aromatic N) is 1. The van der Waals surface area contributed by atoms with Crippen molar-refractivity contribution in [2.24, 2.45) is 11.3 Å². The third-order valence-corrected chi connectivity index (χ3v) is 3.37. The average Bonchev–Trinajstić information content (AvgIpc) is 2.65. The van der Waals surface area contributed by atoms with Crippen molar-refractivity contribution in [3.8, 4) is 0 Å². The number of carboxylic acid groups (broad SMARTS) is 1. The monoisotopic (exact) mass is 270 g/mol. The first kappa shape index (κ1) is 15.5. The van der Waals surface area contributed by atoms with Gasteiger partial charge in [-0.15, -0.1) is 0 Å². The Morgan fingerprint density at radius 3 is 2.42 bits per heavy atom. The standard InChI is InChI=1S/C13H22N2O4/c1-5-15-7-8(6-9(15)16)11(17)14-10(12(18)19)13(2,3)4/h8,10H,5-7H2,1-4H3,(H,14,17)(H,18,19)/t8?,10-/m1/s1. The summed E-state index contributed by atoms with van der Waals surface area (Å²) in [6, 6.07) is -0.953. The molecule has 6 nitrogen and oxygen atoms in total. The van der Waals surface area contributed by atoms with Crippen LogP contribution in [-0.2, 0) is 14.4 Å². The normalized spacial score (nSPS) is 21.4. The molecule has 1 heterocycles. The van der Waals surface area contributed by atoms with Gasteiger partial charge in [0.1, 0.15) is 6.04 Å². The quantitative estimate of drug-likeness (QED) is 0.777. The van der Waals surface area contributed by atoms with E-state index in [1.54, 1.807) is 25.7 Å². The zero-order valence-electron chi connectivity index (χ0n) is 11.9. The minimum Gasteiger partial charge on any atom is -0.480 e. The molecule has 0 aromatic rings. The molecule has 1 aliphatic heterocycles. The number of carbonyl (C=O) groups is 3. The van der Waals surface area contributed by atoms with E-state index in [9.17, 15) is 14.4 Å². The highest BCUT2D eigenvalue weighted by Crippen LogP contribution is 2.22. The molecular weight excluding hydrogens is 248 g/mol. The molecule has 19 heavy (non-hydrogen) atoms. The highest BCUT2D eigenvalue weighted by molar-refractivity contribution is 5.91. The Bertz CT molecular complexity index is 387. The van der Waals surface area contributed by atoms with Crippen molar-refractivity contribution in [3.63, 3.8) is 0 Å². The topological polar surface area (TPSA) is 86.7 Å². The van der Waals surface area contributed by atoms with E-state index in [-0.39, 0.29) is 18.2 Å². The van der Waals surface area contributed by atoms with E-state index in [4.69, 9.17) is 5.11 Å². The number of carboxylic acids is 1. The molecule has 108 valence electrons. The maximum atomic E-state index is 12.1. The van der Waals surface area contributed by atoms with Crippen molar-refractivity contribution >= 4 is 17.8 Å². The second kappa shape index (κ2) is 5.59. The van der Waals surface area contributed by atoms with Gasteiger partial charge in [-0.3, -0.25) is 9.59 Å². The summed E-state index contributed by atoms with van der Waals surface area (Å²) in [5.41, 5.74) is -0.575. The molecule has 0 bridgehead atoms. The average molecular weight is 270 g/mol. The van der Waals surface area contributed by atoms with Gasteiger partial charge in [-0.05, 0) is 12.3 Å². The van der Waals surface area contributed by atoms with Gasteiger partial charge in [-0.25, -0.2) is 4.79 Å². The summed E-state index contributed by atoms with van der Waals surface area (Å²) in [4.78, 5) is 36.4. The lowest BCUT2D eigenvalue weighted by Crippen LogP contribution is -2.51. The Balaban J connectivity index is 2.69. The molecule has 1 fully saturated rings. The number of rotatable bonds is 4. The number of hydrogen-bond donors (Lipinski definition) is 2. The number of aliphatic carboxylic acids is 1. The minimum atomic E-state index is -1.06. The number of carbonyl (C=O) groups excluding carboxylic acids is 2. The van der Waals surface area contributed by atoms with Crippen LogP contribution < -0.4 is 5.32 Å². The van der Waals surface area contributed by atoms with E-state index < -0.39 is 23.3 Å². The fourth-order valence-corrected chi connectivity index (χ4v) is 2.16. The van der Waals surface area contributed by atoms with Crippen LogP contribution in [0.5, 0.6) is 0 Å². The van der Waals surface area contributed by atoms with Gasteiger partial charge in [0.25, 0.3) is 0 Å². The molecule has 0 aliphatic carbocycles.